The lowest BCUT2D eigenvalue weighted by molar-refractivity contribution is 0.483. The number of benzene rings is 7. The largest absolute Gasteiger partial charge is 0.457 e. The van der Waals surface area contributed by atoms with Crippen molar-refractivity contribution in [2.45, 2.75) is 91.9 Å². The smallest absolute Gasteiger partial charge is 0.137 e. The van der Waals surface area contributed by atoms with Gasteiger partial charge in [-0.1, -0.05) is 154 Å². The summed E-state index contributed by atoms with van der Waals surface area (Å²) in [5.74, 6) is 3.10. The molecule has 7 aromatic carbocycles. The highest BCUT2D eigenvalue weighted by Crippen LogP contribution is 2.49. The molecule has 5 nitrogen and oxygen atoms in total. The van der Waals surface area contributed by atoms with E-state index in [1.807, 2.05) is 6.20 Å². The molecule has 0 saturated carbocycles. The molecular formula is C62H62N4O. The normalized spacial score (nSPS) is 13.1. The van der Waals surface area contributed by atoms with Crippen LogP contribution >= 0.6 is 0 Å². The van der Waals surface area contributed by atoms with Crippen molar-refractivity contribution >= 4 is 44.6 Å². The third kappa shape index (κ3) is 8.26. The van der Waals surface area contributed by atoms with E-state index in [4.69, 9.17) is 9.72 Å². The monoisotopic (exact) mass is 878 g/mol. The quantitative estimate of drug-likeness (QED) is 0.145. The Labute approximate surface area is 397 Å². The minimum Gasteiger partial charge on any atom is -0.457 e. The van der Waals surface area contributed by atoms with Crippen molar-refractivity contribution in [2.75, 3.05) is 16.5 Å². The summed E-state index contributed by atoms with van der Waals surface area (Å²) in [6.45, 7) is 23.5. The summed E-state index contributed by atoms with van der Waals surface area (Å²) < 4.78 is 9.45. The number of nitrogens with zero attached hydrogens (tertiary/aromatic N) is 4. The molecule has 5 heteroatoms. The first-order valence-electron chi connectivity index (χ1n) is 23.9. The van der Waals surface area contributed by atoms with Crippen molar-refractivity contribution in [3.05, 3.63) is 192 Å². The number of hydrogen-bond acceptors (Lipinski definition) is 4. The van der Waals surface area contributed by atoms with Crippen molar-refractivity contribution in [3.63, 3.8) is 0 Å². The van der Waals surface area contributed by atoms with E-state index in [9.17, 15) is 0 Å². The van der Waals surface area contributed by atoms with E-state index in [0.717, 1.165) is 50.7 Å². The number of ether oxygens (including phenoxy) is 1. The van der Waals surface area contributed by atoms with Gasteiger partial charge in [-0.2, -0.15) is 0 Å². The van der Waals surface area contributed by atoms with E-state index in [0.29, 0.717) is 18.5 Å². The lowest BCUT2D eigenvalue weighted by atomic mass is 9.85. The summed E-state index contributed by atoms with van der Waals surface area (Å²) in [5.41, 5.74) is 16.8. The maximum Gasteiger partial charge on any atom is 0.137 e. The van der Waals surface area contributed by atoms with Crippen LogP contribution in [-0.4, -0.2) is 16.2 Å². The summed E-state index contributed by atoms with van der Waals surface area (Å²) in [6.07, 6.45) is 1.94. The van der Waals surface area contributed by atoms with Gasteiger partial charge in [-0.05, 0) is 134 Å². The lowest BCUT2D eigenvalue weighted by Crippen LogP contribution is -2.24. The number of fused-ring (bicyclic) bond motifs is 4. The van der Waals surface area contributed by atoms with Crippen molar-refractivity contribution in [1.82, 2.24) is 9.55 Å². The fourth-order valence-electron chi connectivity index (χ4n) is 9.88. The Hall–Kier alpha value is -7.11. The average molecular weight is 879 g/mol. The van der Waals surface area contributed by atoms with Gasteiger partial charge < -0.3 is 14.5 Å². The maximum absolute atomic E-state index is 7.16. The van der Waals surface area contributed by atoms with E-state index in [1.165, 1.54) is 55.7 Å². The number of anilines is 4. The van der Waals surface area contributed by atoms with Crippen LogP contribution < -0.4 is 14.5 Å². The zero-order chi connectivity index (χ0) is 46.8. The maximum atomic E-state index is 7.16. The lowest BCUT2D eigenvalue weighted by Gasteiger charge is -2.27. The van der Waals surface area contributed by atoms with Gasteiger partial charge in [-0.25, -0.2) is 4.98 Å². The number of rotatable bonds is 9. The summed E-state index contributed by atoms with van der Waals surface area (Å²) in [4.78, 5) is 9.88. The van der Waals surface area contributed by atoms with Gasteiger partial charge >= 0.3 is 0 Å². The molecule has 1 aliphatic heterocycles. The standard InChI is InChI=1S/C62H62N4O/c1-40(2)51-22-18-23-52(41(3)4)60(51)44-33-48(65-39-64(56-25-16-17-26-57(56)65)47-32-43(42-19-12-11-13-20-42)31-46(35-47)62(8,9)10)37-50(34-44)67-49-27-28-54-53-21-14-15-24-55(53)66(58(54)38-49)59-36-45(29-30-63-59)61(5,6)7/h11-38,40-41H,39H2,1-10H3. The molecule has 0 fully saturated rings. The zero-order valence-corrected chi connectivity index (χ0v) is 40.7. The third-order valence-electron chi connectivity index (χ3n) is 13.5. The van der Waals surface area contributed by atoms with Crippen LogP contribution in [0.5, 0.6) is 11.5 Å². The second kappa shape index (κ2) is 17.0. The highest BCUT2D eigenvalue weighted by atomic mass is 16.5. The molecule has 0 saturated heterocycles. The minimum atomic E-state index is -0.0404. The highest BCUT2D eigenvalue weighted by molar-refractivity contribution is 6.09. The molecule has 0 N–H and O–H groups in total. The third-order valence-corrected chi connectivity index (χ3v) is 13.5. The molecule has 0 spiro atoms. The van der Waals surface area contributed by atoms with Crippen molar-refractivity contribution < 1.29 is 4.74 Å². The van der Waals surface area contributed by atoms with Crippen LogP contribution in [-0.2, 0) is 10.8 Å². The molecule has 0 aliphatic carbocycles. The molecule has 0 bridgehead atoms. The molecule has 336 valence electrons. The van der Waals surface area contributed by atoms with Crippen LogP contribution in [0.25, 0.3) is 49.9 Å². The first-order valence-corrected chi connectivity index (χ1v) is 23.9. The van der Waals surface area contributed by atoms with Gasteiger partial charge in [0, 0.05) is 40.5 Å². The Kier molecular flexibility index (Phi) is 11.1. The van der Waals surface area contributed by atoms with Crippen LogP contribution in [0.2, 0.25) is 0 Å². The first kappa shape index (κ1) is 43.8. The number of pyridine rings is 1. The fraction of sp³-hybridized carbons (Fsp3) is 0.242. The van der Waals surface area contributed by atoms with Gasteiger partial charge in [0.1, 0.15) is 24.0 Å². The van der Waals surface area contributed by atoms with E-state index in [-0.39, 0.29) is 10.8 Å². The van der Waals surface area contributed by atoms with Crippen LogP contribution in [0, 0.1) is 0 Å². The van der Waals surface area contributed by atoms with Crippen LogP contribution in [0.1, 0.15) is 103 Å². The molecule has 3 heterocycles. The van der Waals surface area contributed by atoms with E-state index in [2.05, 4.69) is 247 Å². The molecule has 0 amide bonds. The van der Waals surface area contributed by atoms with Gasteiger partial charge in [0.05, 0.1) is 22.4 Å². The Morgan fingerprint density at radius 2 is 1.09 bits per heavy atom. The fourth-order valence-corrected chi connectivity index (χ4v) is 9.88. The van der Waals surface area contributed by atoms with Gasteiger partial charge in [0.15, 0.2) is 0 Å². The Morgan fingerprint density at radius 1 is 0.478 bits per heavy atom. The molecule has 0 radical (unpaired) electrons. The van der Waals surface area contributed by atoms with E-state index < -0.39 is 0 Å². The zero-order valence-electron chi connectivity index (χ0n) is 40.7. The molecule has 9 aromatic rings. The molecule has 0 unspecified atom stereocenters. The molecule has 67 heavy (non-hydrogen) atoms. The van der Waals surface area contributed by atoms with Crippen molar-refractivity contribution in [3.8, 4) is 39.6 Å². The predicted molar refractivity (Wildman–Crippen MR) is 284 cm³/mol. The SMILES string of the molecule is CC(C)c1cccc(C(C)C)c1-c1cc(Oc2ccc3c4ccccc4n(-c4cc(C(C)(C)C)ccn4)c3c2)cc(N2CN(c3cc(-c4ccccc4)cc(C(C)(C)C)c3)c3ccccc32)c1. The van der Waals surface area contributed by atoms with E-state index >= 15 is 0 Å². The molecule has 2 aromatic heterocycles. The molecule has 0 atom stereocenters. The van der Waals surface area contributed by atoms with Crippen molar-refractivity contribution in [1.29, 1.82) is 0 Å². The second-order valence-corrected chi connectivity index (χ2v) is 21.0. The van der Waals surface area contributed by atoms with Crippen LogP contribution in [0.15, 0.2) is 170 Å². The van der Waals surface area contributed by atoms with Crippen molar-refractivity contribution in [2.24, 2.45) is 0 Å². The highest BCUT2D eigenvalue weighted by Gasteiger charge is 2.31. The van der Waals surface area contributed by atoms with Gasteiger partial charge in [-0.15, -0.1) is 0 Å². The topological polar surface area (TPSA) is 33.5 Å². The van der Waals surface area contributed by atoms with Crippen LogP contribution in [0.3, 0.4) is 0 Å². The van der Waals surface area contributed by atoms with Gasteiger partial charge in [0.25, 0.3) is 0 Å². The Morgan fingerprint density at radius 3 is 1.76 bits per heavy atom. The number of hydrogen-bond donors (Lipinski definition) is 0. The Bertz CT molecular complexity index is 3260. The number of aromatic nitrogens is 2. The van der Waals surface area contributed by atoms with Gasteiger partial charge in [0.2, 0.25) is 0 Å². The summed E-state index contributed by atoms with van der Waals surface area (Å²) in [7, 11) is 0. The average Bonchev–Trinajstić information content (AvgIpc) is 3.87. The second-order valence-electron chi connectivity index (χ2n) is 21.0. The summed E-state index contributed by atoms with van der Waals surface area (Å²) >= 11 is 0. The molecular weight excluding hydrogens is 817 g/mol. The first-order chi connectivity index (χ1) is 32.1. The van der Waals surface area contributed by atoms with Crippen LogP contribution in [0.4, 0.5) is 22.7 Å². The van der Waals surface area contributed by atoms with E-state index in [1.54, 1.807) is 0 Å². The molecule has 10 rings (SSSR count). The predicted octanol–water partition coefficient (Wildman–Crippen LogP) is 17.4. The van der Waals surface area contributed by atoms with Gasteiger partial charge in [-0.3, -0.25) is 4.57 Å². The molecule has 1 aliphatic rings. The summed E-state index contributed by atoms with van der Waals surface area (Å²) in [6, 6.07) is 59.9. The number of para-hydroxylation sites is 3. The Balaban J connectivity index is 1.13. The minimum absolute atomic E-state index is 0.0223. The summed E-state index contributed by atoms with van der Waals surface area (Å²) in [5, 5.41) is 2.34.